The number of amides is 1. The largest absolute Gasteiger partial charge is 0.338 e. The first-order valence-electron chi connectivity index (χ1n) is 6.72. The van der Waals surface area contributed by atoms with Crippen LogP contribution < -0.4 is 0 Å². The summed E-state index contributed by atoms with van der Waals surface area (Å²) in [7, 11) is 0. The number of hydrogen-bond donors (Lipinski definition) is 0. The molecule has 1 aromatic rings. The van der Waals surface area contributed by atoms with Gasteiger partial charge in [-0.1, -0.05) is 26.0 Å². The van der Waals surface area contributed by atoms with E-state index in [1.54, 1.807) is 12.1 Å². The summed E-state index contributed by atoms with van der Waals surface area (Å²) in [6.07, 6.45) is 2.14. The minimum Gasteiger partial charge on any atom is -0.338 e. The van der Waals surface area contributed by atoms with Gasteiger partial charge in [-0.2, -0.15) is 0 Å². The van der Waals surface area contributed by atoms with E-state index in [2.05, 4.69) is 13.8 Å². The van der Waals surface area contributed by atoms with Gasteiger partial charge in [0.25, 0.3) is 0 Å². The molecule has 0 heterocycles. The Morgan fingerprint density at radius 2 is 1.84 bits per heavy atom. The van der Waals surface area contributed by atoms with Crippen LogP contribution in [0, 0.1) is 5.82 Å². The lowest BCUT2D eigenvalue weighted by atomic mass is 10.1. The highest BCUT2D eigenvalue weighted by Crippen LogP contribution is 2.12. The fourth-order valence-corrected chi connectivity index (χ4v) is 2.39. The normalized spacial score (nSPS) is 10.8. The minimum atomic E-state index is -0.284. The van der Waals surface area contributed by atoms with Gasteiger partial charge in [-0.15, -0.1) is 11.6 Å². The fraction of sp³-hybridized carbons (Fsp3) is 0.533. The number of nitrogens with zero attached hydrogens (tertiary/aromatic N) is 1. The zero-order valence-electron chi connectivity index (χ0n) is 11.5. The van der Waals surface area contributed by atoms with Gasteiger partial charge in [-0.05, 0) is 30.5 Å². The summed E-state index contributed by atoms with van der Waals surface area (Å²) in [6, 6.07) is 6.29. The fourth-order valence-electron chi connectivity index (χ4n) is 2.21. The molecule has 4 heteroatoms. The highest BCUT2D eigenvalue weighted by molar-refractivity contribution is 6.18. The molecule has 0 aliphatic carbocycles. The van der Waals surface area contributed by atoms with E-state index < -0.39 is 0 Å². The van der Waals surface area contributed by atoms with E-state index in [1.165, 1.54) is 12.1 Å². The van der Waals surface area contributed by atoms with Crippen LogP contribution in [0.3, 0.4) is 0 Å². The van der Waals surface area contributed by atoms with Crippen molar-refractivity contribution in [1.29, 1.82) is 0 Å². The lowest BCUT2D eigenvalue weighted by Gasteiger charge is -2.30. The van der Waals surface area contributed by atoms with Crippen LogP contribution in [0.1, 0.15) is 32.3 Å². The van der Waals surface area contributed by atoms with Crippen LogP contribution in [0.15, 0.2) is 24.3 Å². The average Bonchev–Trinajstić information content (AvgIpc) is 2.41. The lowest BCUT2D eigenvalue weighted by molar-refractivity contribution is -0.132. The number of halogens is 2. The summed E-state index contributed by atoms with van der Waals surface area (Å²) in [4.78, 5) is 14.2. The molecule has 0 atom stereocenters. The first kappa shape index (κ1) is 16.0. The number of hydrogen-bond acceptors (Lipinski definition) is 1. The summed E-state index contributed by atoms with van der Waals surface area (Å²) in [6.45, 7) is 4.70. The van der Waals surface area contributed by atoms with Crippen LogP contribution in [-0.2, 0) is 11.2 Å². The monoisotopic (exact) mass is 285 g/mol. The molecule has 0 bridgehead atoms. The first-order chi connectivity index (χ1) is 9.12. The van der Waals surface area contributed by atoms with Crippen molar-refractivity contribution >= 4 is 17.5 Å². The molecule has 19 heavy (non-hydrogen) atoms. The molecular formula is C15H21ClFNO. The van der Waals surface area contributed by atoms with E-state index in [-0.39, 0.29) is 17.8 Å². The van der Waals surface area contributed by atoms with Gasteiger partial charge >= 0.3 is 0 Å². The zero-order valence-corrected chi connectivity index (χ0v) is 12.3. The summed E-state index contributed by atoms with van der Waals surface area (Å²) in [5, 5.41) is 0. The Morgan fingerprint density at radius 1 is 1.26 bits per heavy atom. The quantitative estimate of drug-likeness (QED) is 0.701. The Bertz CT molecular complexity index is 390. The predicted octanol–water partition coefficient (Wildman–Crippen LogP) is 3.62. The number of benzene rings is 1. The average molecular weight is 286 g/mol. The number of carbonyl (C=O) groups excluding carboxylic acids is 1. The van der Waals surface area contributed by atoms with Crippen LogP contribution in [0.4, 0.5) is 4.39 Å². The van der Waals surface area contributed by atoms with Gasteiger partial charge in [0, 0.05) is 18.5 Å². The summed E-state index contributed by atoms with van der Waals surface area (Å²) >= 11 is 5.78. The molecular weight excluding hydrogens is 265 g/mol. The third kappa shape index (κ3) is 4.83. The Labute approximate surface area is 119 Å². The molecule has 2 nitrogen and oxygen atoms in total. The topological polar surface area (TPSA) is 20.3 Å². The molecule has 0 spiro atoms. The third-order valence-corrected chi connectivity index (χ3v) is 3.47. The highest BCUT2D eigenvalue weighted by Gasteiger charge is 2.20. The number of rotatable bonds is 7. The molecule has 1 aromatic carbocycles. The van der Waals surface area contributed by atoms with E-state index in [1.807, 2.05) is 4.90 Å². The molecule has 0 N–H and O–H groups in total. The first-order valence-corrected chi connectivity index (χ1v) is 7.25. The third-order valence-electron chi connectivity index (χ3n) is 3.30. The standard InChI is InChI=1S/C15H21ClFNO/c1-3-14(4-2)18(10-9-16)15(19)11-12-5-7-13(17)8-6-12/h5-8,14H,3-4,9-11H2,1-2H3. The molecule has 0 saturated heterocycles. The molecule has 0 radical (unpaired) electrons. The molecule has 0 aromatic heterocycles. The molecule has 0 fully saturated rings. The van der Waals surface area contributed by atoms with Crippen molar-refractivity contribution in [2.24, 2.45) is 0 Å². The Hall–Kier alpha value is -1.09. The second-order valence-corrected chi connectivity index (χ2v) is 4.93. The van der Waals surface area contributed by atoms with Crippen LogP contribution in [0.2, 0.25) is 0 Å². The van der Waals surface area contributed by atoms with Crippen LogP contribution >= 0.6 is 11.6 Å². The Morgan fingerprint density at radius 3 is 2.32 bits per heavy atom. The van der Waals surface area contributed by atoms with Gasteiger partial charge in [0.2, 0.25) is 5.91 Å². The molecule has 0 aliphatic rings. The van der Waals surface area contributed by atoms with Crippen molar-refractivity contribution in [1.82, 2.24) is 4.90 Å². The van der Waals surface area contributed by atoms with E-state index in [4.69, 9.17) is 11.6 Å². The van der Waals surface area contributed by atoms with Gasteiger partial charge in [-0.3, -0.25) is 4.79 Å². The summed E-state index contributed by atoms with van der Waals surface area (Å²) in [5.41, 5.74) is 0.830. The van der Waals surface area contributed by atoms with Gasteiger partial charge in [0.05, 0.1) is 6.42 Å². The van der Waals surface area contributed by atoms with Crippen molar-refractivity contribution in [2.45, 2.75) is 39.2 Å². The minimum absolute atomic E-state index is 0.0564. The van der Waals surface area contributed by atoms with Crippen molar-refractivity contribution in [3.05, 3.63) is 35.6 Å². The lowest BCUT2D eigenvalue weighted by Crippen LogP contribution is -2.41. The van der Waals surface area contributed by atoms with Gasteiger partial charge in [-0.25, -0.2) is 4.39 Å². The van der Waals surface area contributed by atoms with Crippen molar-refractivity contribution in [3.63, 3.8) is 0 Å². The molecule has 0 aliphatic heterocycles. The molecule has 106 valence electrons. The van der Waals surface area contributed by atoms with E-state index in [9.17, 15) is 9.18 Å². The molecule has 1 amide bonds. The van der Waals surface area contributed by atoms with Crippen molar-refractivity contribution in [3.8, 4) is 0 Å². The van der Waals surface area contributed by atoms with Crippen LogP contribution in [-0.4, -0.2) is 29.3 Å². The molecule has 1 rings (SSSR count). The van der Waals surface area contributed by atoms with Crippen LogP contribution in [0.25, 0.3) is 0 Å². The second kappa shape index (κ2) is 8.16. The maximum atomic E-state index is 12.8. The molecule has 0 unspecified atom stereocenters. The Balaban J connectivity index is 2.73. The Kier molecular flexibility index (Phi) is 6.85. The molecule has 0 saturated carbocycles. The second-order valence-electron chi connectivity index (χ2n) is 4.55. The number of carbonyl (C=O) groups is 1. The zero-order chi connectivity index (χ0) is 14.3. The number of alkyl halides is 1. The maximum absolute atomic E-state index is 12.8. The van der Waals surface area contributed by atoms with Gasteiger partial charge in [0.15, 0.2) is 0 Å². The maximum Gasteiger partial charge on any atom is 0.227 e. The predicted molar refractivity (Wildman–Crippen MR) is 76.9 cm³/mol. The van der Waals surface area contributed by atoms with Gasteiger partial charge < -0.3 is 4.90 Å². The van der Waals surface area contributed by atoms with E-state index in [0.717, 1.165) is 18.4 Å². The van der Waals surface area contributed by atoms with E-state index in [0.29, 0.717) is 18.8 Å². The summed E-state index contributed by atoms with van der Waals surface area (Å²) in [5.74, 6) is 0.209. The van der Waals surface area contributed by atoms with Gasteiger partial charge in [0.1, 0.15) is 5.82 Å². The SMILES string of the molecule is CCC(CC)N(CCCl)C(=O)Cc1ccc(F)cc1. The van der Waals surface area contributed by atoms with Crippen molar-refractivity contribution in [2.75, 3.05) is 12.4 Å². The highest BCUT2D eigenvalue weighted by atomic mass is 35.5. The van der Waals surface area contributed by atoms with E-state index >= 15 is 0 Å². The van der Waals surface area contributed by atoms with Crippen LogP contribution in [0.5, 0.6) is 0 Å². The smallest absolute Gasteiger partial charge is 0.227 e. The summed E-state index contributed by atoms with van der Waals surface area (Å²) < 4.78 is 12.8. The van der Waals surface area contributed by atoms with Crippen molar-refractivity contribution < 1.29 is 9.18 Å².